The summed E-state index contributed by atoms with van der Waals surface area (Å²) in [5.74, 6) is -0.432. The zero-order valence-electron chi connectivity index (χ0n) is 14.9. The zero-order valence-corrected chi connectivity index (χ0v) is 16.4. The summed E-state index contributed by atoms with van der Waals surface area (Å²) in [5.41, 5.74) is 6.36. The molecule has 1 heterocycles. The lowest BCUT2D eigenvalue weighted by molar-refractivity contribution is 0.100. The molecule has 2 aromatic carbocycles. The Balaban J connectivity index is 2.17. The lowest BCUT2D eigenvalue weighted by Gasteiger charge is -2.15. The molecule has 1 aromatic heterocycles. The van der Waals surface area contributed by atoms with Crippen LogP contribution in [0.4, 0.5) is 5.69 Å². The number of pyridine rings is 1. The number of carbonyl (C=O) groups excluding carboxylic acids is 2. The van der Waals surface area contributed by atoms with Gasteiger partial charge in [-0.1, -0.05) is 23.2 Å². The van der Waals surface area contributed by atoms with Crippen LogP contribution in [0.3, 0.4) is 0 Å². The minimum atomic E-state index is -0.748. The highest BCUT2D eigenvalue weighted by atomic mass is 35.5. The lowest BCUT2D eigenvalue weighted by atomic mass is 10.1. The number of primary amides is 1. The van der Waals surface area contributed by atoms with E-state index in [-0.39, 0.29) is 21.8 Å². The molecule has 0 saturated carbocycles. The lowest BCUT2D eigenvalue weighted by Crippen LogP contribution is -2.19. The molecule has 0 radical (unpaired) electrons. The molecule has 0 aliphatic carbocycles. The maximum Gasteiger partial charge on any atom is 0.257 e. The van der Waals surface area contributed by atoms with Crippen molar-refractivity contribution in [1.82, 2.24) is 4.98 Å². The van der Waals surface area contributed by atoms with Gasteiger partial charge in [0.15, 0.2) is 11.5 Å². The van der Waals surface area contributed by atoms with Gasteiger partial charge in [0.05, 0.1) is 41.6 Å². The Morgan fingerprint density at radius 1 is 1.04 bits per heavy atom. The molecule has 0 saturated heterocycles. The Morgan fingerprint density at radius 3 is 2.32 bits per heavy atom. The number of ether oxygens (including phenoxy) is 2. The number of nitrogens with one attached hydrogen (secondary N) is 1. The van der Waals surface area contributed by atoms with Gasteiger partial charge >= 0.3 is 0 Å². The van der Waals surface area contributed by atoms with Crippen molar-refractivity contribution >= 4 is 51.6 Å². The molecule has 3 rings (SSSR count). The van der Waals surface area contributed by atoms with Crippen molar-refractivity contribution in [2.75, 3.05) is 19.5 Å². The number of halogens is 2. The molecule has 28 heavy (non-hydrogen) atoms. The highest BCUT2D eigenvalue weighted by Crippen LogP contribution is 2.36. The second-order valence-electron chi connectivity index (χ2n) is 5.71. The first-order chi connectivity index (χ1) is 13.3. The van der Waals surface area contributed by atoms with E-state index in [4.69, 9.17) is 38.4 Å². The maximum atomic E-state index is 12.8. The van der Waals surface area contributed by atoms with E-state index in [0.29, 0.717) is 27.4 Å². The van der Waals surface area contributed by atoms with Crippen molar-refractivity contribution in [3.05, 3.63) is 57.7 Å². The maximum absolute atomic E-state index is 12.8. The highest BCUT2D eigenvalue weighted by molar-refractivity contribution is 6.37. The number of benzene rings is 2. The molecule has 0 bridgehead atoms. The molecule has 0 aliphatic heterocycles. The van der Waals surface area contributed by atoms with Crippen LogP contribution >= 0.6 is 23.2 Å². The number of rotatable bonds is 5. The monoisotopic (exact) mass is 419 g/mol. The summed E-state index contributed by atoms with van der Waals surface area (Å²) in [6, 6.07) is 7.70. The van der Waals surface area contributed by atoms with Gasteiger partial charge in [0.1, 0.15) is 0 Å². The average Bonchev–Trinajstić information content (AvgIpc) is 2.66. The predicted molar refractivity (Wildman–Crippen MR) is 108 cm³/mol. The second kappa shape index (κ2) is 7.92. The van der Waals surface area contributed by atoms with Crippen molar-refractivity contribution in [1.29, 1.82) is 0 Å². The third-order valence-electron chi connectivity index (χ3n) is 4.05. The van der Waals surface area contributed by atoms with E-state index < -0.39 is 11.8 Å². The van der Waals surface area contributed by atoms with Crippen LogP contribution in [-0.2, 0) is 0 Å². The first-order valence-electron chi connectivity index (χ1n) is 7.96. The Kier molecular flexibility index (Phi) is 5.58. The number of hydrogen-bond acceptors (Lipinski definition) is 5. The van der Waals surface area contributed by atoms with E-state index in [0.717, 1.165) is 0 Å². The first kappa shape index (κ1) is 19.7. The Morgan fingerprint density at radius 2 is 1.71 bits per heavy atom. The van der Waals surface area contributed by atoms with Gasteiger partial charge in [0.2, 0.25) is 0 Å². The molecule has 0 aliphatic rings. The van der Waals surface area contributed by atoms with Gasteiger partial charge in [-0.25, -0.2) is 0 Å². The molecule has 3 N–H and O–H groups in total. The summed E-state index contributed by atoms with van der Waals surface area (Å²) in [7, 11) is 2.97. The minimum absolute atomic E-state index is 0.0400. The SMILES string of the molecule is COc1cc2ncc(C(N)=O)c(NC(=O)c3ccc(Cl)cc3Cl)c2cc1OC. The molecule has 2 amide bonds. The van der Waals surface area contributed by atoms with Crippen LogP contribution in [0.15, 0.2) is 36.5 Å². The summed E-state index contributed by atoms with van der Waals surface area (Å²) in [6.07, 6.45) is 1.29. The Bertz CT molecular complexity index is 1100. The quantitative estimate of drug-likeness (QED) is 0.652. The van der Waals surface area contributed by atoms with Crippen molar-refractivity contribution in [3.8, 4) is 11.5 Å². The number of hydrogen-bond donors (Lipinski definition) is 2. The molecule has 7 nitrogen and oxygen atoms in total. The van der Waals surface area contributed by atoms with E-state index in [1.54, 1.807) is 12.1 Å². The van der Waals surface area contributed by atoms with Crippen LogP contribution in [0.5, 0.6) is 11.5 Å². The molecule has 3 aromatic rings. The van der Waals surface area contributed by atoms with Crippen molar-refractivity contribution < 1.29 is 19.1 Å². The molecule has 0 atom stereocenters. The van der Waals surface area contributed by atoms with E-state index in [9.17, 15) is 9.59 Å². The van der Waals surface area contributed by atoms with Crippen LogP contribution in [0.2, 0.25) is 10.0 Å². The molecule has 0 fully saturated rings. The zero-order chi connectivity index (χ0) is 20.4. The van der Waals surface area contributed by atoms with Gasteiger partial charge < -0.3 is 20.5 Å². The van der Waals surface area contributed by atoms with E-state index in [1.807, 2.05) is 0 Å². The van der Waals surface area contributed by atoms with Gasteiger partial charge in [0, 0.05) is 22.7 Å². The molecular weight excluding hydrogens is 405 g/mol. The summed E-state index contributed by atoms with van der Waals surface area (Å²) < 4.78 is 10.6. The summed E-state index contributed by atoms with van der Waals surface area (Å²) in [6.45, 7) is 0. The molecular formula is C19H15Cl2N3O4. The topological polar surface area (TPSA) is 104 Å². The number of nitrogens with zero attached hydrogens (tertiary/aromatic N) is 1. The molecule has 144 valence electrons. The minimum Gasteiger partial charge on any atom is -0.493 e. The number of methoxy groups -OCH3 is 2. The smallest absolute Gasteiger partial charge is 0.257 e. The Hall–Kier alpha value is -3.03. The summed E-state index contributed by atoms with van der Waals surface area (Å²) in [5, 5.41) is 3.71. The predicted octanol–water partition coefficient (Wildman–Crippen LogP) is 3.91. The molecule has 0 unspecified atom stereocenters. The van der Waals surface area contributed by atoms with Crippen LogP contribution in [-0.4, -0.2) is 31.0 Å². The third-order valence-corrected chi connectivity index (χ3v) is 4.60. The van der Waals surface area contributed by atoms with E-state index >= 15 is 0 Å². The second-order valence-corrected chi connectivity index (χ2v) is 6.56. The highest BCUT2D eigenvalue weighted by Gasteiger charge is 2.20. The van der Waals surface area contributed by atoms with Crippen LogP contribution < -0.4 is 20.5 Å². The largest absolute Gasteiger partial charge is 0.493 e. The van der Waals surface area contributed by atoms with Crippen LogP contribution in [0.25, 0.3) is 10.9 Å². The van der Waals surface area contributed by atoms with E-state index in [2.05, 4.69) is 10.3 Å². The standard InChI is InChI=1S/C19H15Cl2N3O4/c1-27-15-6-11-14(7-16(15)28-2)23-8-12(18(22)25)17(11)24-19(26)10-4-3-9(20)5-13(10)21/h3-8H,1-2H3,(H2,22,25)(H,23,24,26). The van der Waals surface area contributed by atoms with Gasteiger partial charge in [-0.2, -0.15) is 0 Å². The molecule has 0 spiro atoms. The third kappa shape index (κ3) is 3.67. The van der Waals surface area contributed by atoms with E-state index in [1.165, 1.54) is 38.6 Å². The fraction of sp³-hybridized carbons (Fsp3) is 0.105. The summed E-state index contributed by atoms with van der Waals surface area (Å²) >= 11 is 12.0. The number of anilines is 1. The summed E-state index contributed by atoms with van der Waals surface area (Å²) in [4.78, 5) is 28.9. The van der Waals surface area contributed by atoms with Crippen LogP contribution in [0.1, 0.15) is 20.7 Å². The van der Waals surface area contributed by atoms with Crippen LogP contribution in [0, 0.1) is 0 Å². The average molecular weight is 420 g/mol. The normalized spacial score (nSPS) is 10.6. The number of aromatic nitrogens is 1. The Labute approximate surface area is 170 Å². The van der Waals surface area contributed by atoms with Gasteiger partial charge in [0.25, 0.3) is 11.8 Å². The van der Waals surface area contributed by atoms with Crippen molar-refractivity contribution in [2.24, 2.45) is 5.73 Å². The number of amides is 2. The number of nitrogens with two attached hydrogens (primary N) is 1. The fourth-order valence-corrected chi connectivity index (χ4v) is 3.19. The number of fused-ring (bicyclic) bond motifs is 1. The van der Waals surface area contributed by atoms with Crippen molar-refractivity contribution in [2.45, 2.75) is 0 Å². The van der Waals surface area contributed by atoms with Gasteiger partial charge in [-0.05, 0) is 24.3 Å². The van der Waals surface area contributed by atoms with Gasteiger partial charge in [-0.3, -0.25) is 14.6 Å². The van der Waals surface area contributed by atoms with Crippen molar-refractivity contribution in [3.63, 3.8) is 0 Å². The number of carbonyl (C=O) groups is 2. The molecule has 9 heteroatoms. The first-order valence-corrected chi connectivity index (χ1v) is 8.72. The van der Waals surface area contributed by atoms with Gasteiger partial charge in [-0.15, -0.1) is 0 Å². The fourth-order valence-electron chi connectivity index (χ4n) is 2.70.